The van der Waals surface area contributed by atoms with Gasteiger partial charge in [0.1, 0.15) is 6.04 Å². The lowest BCUT2D eigenvalue weighted by molar-refractivity contribution is -0.120. The van der Waals surface area contributed by atoms with Gasteiger partial charge in [-0.15, -0.1) is 23.7 Å². The Morgan fingerprint density at radius 1 is 1.40 bits per heavy atom. The fraction of sp³-hybridized carbons (Fsp3) is 0.643. The second kappa shape index (κ2) is 6.89. The van der Waals surface area contributed by atoms with E-state index in [1.807, 2.05) is 0 Å². The number of carbonyl (C=O) groups is 1. The molecule has 2 aliphatic rings. The molecule has 0 spiro atoms. The summed E-state index contributed by atoms with van der Waals surface area (Å²) in [6, 6.07) is -0.215. The third kappa shape index (κ3) is 3.17. The molecule has 3 rings (SSSR count). The number of nitrogens with one attached hydrogen (secondary N) is 2. The Kier molecular flexibility index (Phi) is 5.43. The van der Waals surface area contributed by atoms with Crippen molar-refractivity contribution in [1.29, 1.82) is 0 Å². The molecule has 1 atom stereocenters. The molecular weight excluding hydrogens is 296 g/mol. The highest BCUT2D eigenvalue weighted by Gasteiger charge is 2.24. The maximum Gasteiger partial charge on any atom is 0.244 e. The van der Waals surface area contributed by atoms with Crippen molar-refractivity contribution in [3.8, 4) is 0 Å². The van der Waals surface area contributed by atoms with Crippen LogP contribution in [0.15, 0.2) is 0 Å². The Balaban J connectivity index is 0.00000147. The average molecular weight is 317 g/mol. The fourth-order valence-electron chi connectivity index (χ4n) is 2.78. The van der Waals surface area contributed by atoms with Gasteiger partial charge in [0.05, 0.1) is 18.2 Å². The van der Waals surface area contributed by atoms with E-state index >= 15 is 0 Å². The van der Waals surface area contributed by atoms with Crippen LogP contribution in [0.3, 0.4) is 0 Å². The summed E-state index contributed by atoms with van der Waals surface area (Å²) in [7, 11) is 0. The van der Waals surface area contributed by atoms with Gasteiger partial charge in [-0.3, -0.25) is 4.79 Å². The highest BCUT2D eigenvalue weighted by atomic mass is 35.5. The van der Waals surface area contributed by atoms with Crippen LogP contribution in [0.2, 0.25) is 0 Å². The molecule has 2 N–H and O–H groups in total. The van der Waals surface area contributed by atoms with Gasteiger partial charge in [-0.25, -0.2) is 0 Å². The van der Waals surface area contributed by atoms with Crippen molar-refractivity contribution >= 4 is 34.7 Å². The standard InChI is InChI=1S/C14H20N2O2S.ClH/c1-9-10-4-2-3-5-12(10)19-14(9)16-13(17)11-8-18-7-6-15-11;/h11,15H,2-8H2,1H3,(H,16,17);1H. The molecule has 1 unspecified atom stereocenters. The van der Waals surface area contributed by atoms with Crippen LogP contribution in [0.5, 0.6) is 0 Å². The monoisotopic (exact) mass is 316 g/mol. The van der Waals surface area contributed by atoms with E-state index in [-0.39, 0.29) is 24.4 Å². The van der Waals surface area contributed by atoms with Crippen LogP contribution >= 0.6 is 23.7 Å². The molecule has 1 fully saturated rings. The average Bonchev–Trinajstić information content (AvgIpc) is 2.77. The fourth-order valence-corrected chi connectivity index (χ4v) is 4.07. The van der Waals surface area contributed by atoms with Gasteiger partial charge in [-0.2, -0.15) is 0 Å². The van der Waals surface area contributed by atoms with Crippen LogP contribution in [-0.4, -0.2) is 31.7 Å². The molecule has 1 amide bonds. The van der Waals surface area contributed by atoms with Gasteiger partial charge < -0.3 is 15.4 Å². The number of carbonyl (C=O) groups excluding carboxylic acids is 1. The van der Waals surface area contributed by atoms with Crippen LogP contribution in [-0.2, 0) is 22.4 Å². The van der Waals surface area contributed by atoms with Crippen molar-refractivity contribution < 1.29 is 9.53 Å². The molecule has 2 heterocycles. The molecule has 1 aliphatic carbocycles. The van der Waals surface area contributed by atoms with Crippen LogP contribution in [0.4, 0.5) is 5.00 Å². The number of anilines is 1. The first kappa shape index (κ1) is 15.8. The van der Waals surface area contributed by atoms with Crippen molar-refractivity contribution in [3.63, 3.8) is 0 Å². The summed E-state index contributed by atoms with van der Waals surface area (Å²) in [5, 5.41) is 7.29. The summed E-state index contributed by atoms with van der Waals surface area (Å²) >= 11 is 1.75. The number of morpholine rings is 1. The normalized spacial score (nSPS) is 21.8. The predicted molar refractivity (Wildman–Crippen MR) is 84.2 cm³/mol. The van der Waals surface area contributed by atoms with E-state index in [0.717, 1.165) is 11.5 Å². The number of aryl methyl sites for hydroxylation is 1. The predicted octanol–water partition coefficient (Wildman–Crippen LogP) is 2.28. The molecule has 1 aromatic rings. The van der Waals surface area contributed by atoms with Gasteiger partial charge in [0.25, 0.3) is 0 Å². The zero-order valence-corrected chi connectivity index (χ0v) is 13.3. The third-order valence-corrected chi connectivity index (χ3v) is 5.22. The zero-order valence-electron chi connectivity index (χ0n) is 11.7. The summed E-state index contributed by atoms with van der Waals surface area (Å²) in [4.78, 5) is 13.7. The van der Waals surface area contributed by atoms with Gasteiger partial charge in [0.15, 0.2) is 0 Å². The molecule has 6 heteroatoms. The van der Waals surface area contributed by atoms with Crippen LogP contribution in [0.25, 0.3) is 0 Å². The van der Waals surface area contributed by atoms with E-state index < -0.39 is 0 Å². The summed E-state index contributed by atoms with van der Waals surface area (Å²) in [6.45, 7) is 4.03. The number of rotatable bonds is 2. The summed E-state index contributed by atoms with van der Waals surface area (Å²) in [6.07, 6.45) is 4.88. The van der Waals surface area contributed by atoms with Crippen molar-refractivity contribution in [1.82, 2.24) is 5.32 Å². The molecule has 1 aromatic heterocycles. The number of hydrogen-bond acceptors (Lipinski definition) is 4. The molecule has 112 valence electrons. The first-order valence-corrected chi connectivity index (χ1v) is 7.80. The van der Waals surface area contributed by atoms with Crippen LogP contribution < -0.4 is 10.6 Å². The molecule has 0 bridgehead atoms. The molecule has 0 aromatic carbocycles. The van der Waals surface area contributed by atoms with Crippen molar-refractivity contribution in [3.05, 3.63) is 16.0 Å². The largest absolute Gasteiger partial charge is 0.378 e. The second-order valence-corrected chi connectivity index (χ2v) is 6.34. The van der Waals surface area contributed by atoms with E-state index in [9.17, 15) is 4.79 Å². The Hall–Kier alpha value is -0.620. The lowest BCUT2D eigenvalue weighted by atomic mass is 9.96. The van der Waals surface area contributed by atoms with Crippen molar-refractivity contribution in [2.24, 2.45) is 0 Å². The minimum atomic E-state index is -0.215. The second-order valence-electron chi connectivity index (χ2n) is 5.24. The Morgan fingerprint density at radius 3 is 2.90 bits per heavy atom. The minimum absolute atomic E-state index is 0. The minimum Gasteiger partial charge on any atom is -0.378 e. The quantitative estimate of drug-likeness (QED) is 0.880. The maximum absolute atomic E-state index is 12.2. The van der Waals surface area contributed by atoms with E-state index in [1.165, 1.54) is 41.7 Å². The van der Waals surface area contributed by atoms with E-state index in [1.54, 1.807) is 11.3 Å². The lowest BCUT2D eigenvalue weighted by Gasteiger charge is -2.22. The lowest BCUT2D eigenvalue weighted by Crippen LogP contribution is -2.48. The molecule has 20 heavy (non-hydrogen) atoms. The van der Waals surface area contributed by atoms with Gasteiger partial charge in [-0.1, -0.05) is 0 Å². The van der Waals surface area contributed by atoms with Crippen LogP contribution in [0, 0.1) is 6.92 Å². The van der Waals surface area contributed by atoms with Crippen molar-refractivity contribution in [2.75, 3.05) is 25.1 Å². The van der Waals surface area contributed by atoms with Gasteiger partial charge in [0, 0.05) is 11.4 Å². The van der Waals surface area contributed by atoms with Crippen molar-refractivity contribution in [2.45, 2.75) is 38.6 Å². The SMILES string of the molecule is Cc1c(NC(=O)C2COCCN2)sc2c1CCCC2.Cl. The van der Waals surface area contributed by atoms with E-state index in [4.69, 9.17) is 4.74 Å². The molecule has 0 saturated carbocycles. The molecular formula is C14H21ClN2O2S. The van der Waals surface area contributed by atoms with Gasteiger partial charge in [0.2, 0.25) is 5.91 Å². The molecule has 1 aliphatic heterocycles. The van der Waals surface area contributed by atoms with E-state index in [2.05, 4.69) is 17.6 Å². The first-order chi connectivity index (χ1) is 9.25. The summed E-state index contributed by atoms with van der Waals surface area (Å²) in [5.41, 5.74) is 2.74. The molecule has 4 nitrogen and oxygen atoms in total. The number of fused-ring (bicyclic) bond motifs is 1. The van der Waals surface area contributed by atoms with Gasteiger partial charge >= 0.3 is 0 Å². The first-order valence-electron chi connectivity index (χ1n) is 6.99. The highest BCUT2D eigenvalue weighted by molar-refractivity contribution is 7.16. The smallest absolute Gasteiger partial charge is 0.244 e. The Bertz CT molecular complexity index is 484. The number of hydrogen-bond donors (Lipinski definition) is 2. The summed E-state index contributed by atoms with van der Waals surface area (Å²) in [5.74, 6) is 0.0291. The Labute approximate surface area is 129 Å². The maximum atomic E-state index is 12.2. The topological polar surface area (TPSA) is 50.4 Å². The third-order valence-electron chi connectivity index (χ3n) is 3.91. The highest BCUT2D eigenvalue weighted by Crippen LogP contribution is 2.37. The number of halogens is 1. The number of thiophene rings is 1. The molecule has 1 saturated heterocycles. The number of amides is 1. The van der Waals surface area contributed by atoms with E-state index in [0.29, 0.717) is 13.2 Å². The van der Waals surface area contributed by atoms with Gasteiger partial charge in [-0.05, 0) is 43.7 Å². The Morgan fingerprint density at radius 2 is 2.20 bits per heavy atom. The zero-order chi connectivity index (χ0) is 13.2. The molecule has 0 radical (unpaired) electrons. The summed E-state index contributed by atoms with van der Waals surface area (Å²) < 4.78 is 5.33. The van der Waals surface area contributed by atoms with Crippen LogP contribution in [0.1, 0.15) is 28.8 Å². The number of ether oxygens (including phenoxy) is 1.